The molecule has 0 spiro atoms. The van der Waals surface area contributed by atoms with Gasteiger partial charge < -0.3 is 10.2 Å². The molecule has 4 nitrogen and oxygen atoms in total. The monoisotopic (exact) mass is 309 g/mol. The van der Waals surface area contributed by atoms with Gasteiger partial charge in [-0.05, 0) is 52.2 Å². The van der Waals surface area contributed by atoms with Gasteiger partial charge in [-0.1, -0.05) is 0 Å². The fourth-order valence-corrected chi connectivity index (χ4v) is 2.69. The minimum Gasteiger partial charge on any atom is -0.481 e. The van der Waals surface area contributed by atoms with Crippen molar-refractivity contribution in [3.05, 3.63) is 39.5 Å². The number of pyridine rings is 1. The number of aryl methyl sites for hydroxylation is 1. The van der Waals surface area contributed by atoms with Crippen LogP contribution in [0.3, 0.4) is 0 Å². The maximum atomic E-state index is 10.8. The van der Waals surface area contributed by atoms with Crippen LogP contribution in [0, 0.1) is 6.92 Å². The molecule has 2 N–H and O–H groups in total. The van der Waals surface area contributed by atoms with Gasteiger partial charge in [0.25, 0.3) is 0 Å². The van der Waals surface area contributed by atoms with Crippen LogP contribution in [0.2, 0.25) is 0 Å². The number of benzene rings is 1. The van der Waals surface area contributed by atoms with E-state index in [1.807, 2.05) is 19.1 Å². The highest BCUT2D eigenvalue weighted by Gasteiger charge is 2.13. The molecule has 0 atom stereocenters. The molecule has 1 aromatic carbocycles. The van der Waals surface area contributed by atoms with Gasteiger partial charge in [0.05, 0.1) is 24.2 Å². The summed E-state index contributed by atoms with van der Waals surface area (Å²) in [6.45, 7) is 1.75. The highest BCUT2D eigenvalue weighted by atomic mass is 79.9. The van der Waals surface area contributed by atoms with Crippen LogP contribution in [0.4, 0.5) is 0 Å². The lowest BCUT2D eigenvalue weighted by atomic mass is 10.0. The molecule has 1 heterocycles. The molecular weight excluding hydrogens is 298 g/mol. The van der Waals surface area contributed by atoms with E-state index in [9.17, 15) is 4.79 Å². The van der Waals surface area contributed by atoms with E-state index in [1.54, 1.807) is 6.07 Å². The summed E-state index contributed by atoms with van der Waals surface area (Å²) >= 11 is 3.44. The second-order valence-electron chi connectivity index (χ2n) is 4.08. The Bertz CT molecular complexity index is 625. The second-order valence-corrected chi connectivity index (χ2v) is 4.88. The third-order valence-electron chi connectivity index (χ3n) is 2.80. The van der Waals surface area contributed by atoms with Crippen molar-refractivity contribution in [1.82, 2.24) is 4.98 Å². The first-order valence-electron chi connectivity index (χ1n) is 5.43. The number of rotatable bonds is 3. The van der Waals surface area contributed by atoms with Crippen LogP contribution in [0.25, 0.3) is 10.9 Å². The number of fused-ring (bicyclic) bond motifs is 1. The molecule has 5 heteroatoms. The second kappa shape index (κ2) is 5.04. The Morgan fingerprint density at radius 1 is 1.44 bits per heavy atom. The third-order valence-corrected chi connectivity index (χ3v) is 3.71. The van der Waals surface area contributed by atoms with Crippen LogP contribution < -0.4 is 0 Å². The number of carbonyl (C=O) groups is 1. The first kappa shape index (κ1) is 13.0. The predicted molar refractivity (Wildman–Crippen MR) is 71.4 cm³/mol. The Hall–Kier alpha value is -1.46. The molecule has 0 amide bonds. The molecule has 0 aliphatic carbocycles. The maximum Gasteiger partial charge on any atom is 0.307 e. The van der Waals surface area contributed by atoms with Crippen molar-refractivity contribution in [2.45, 2.75) is 20.0 Å². The van der Waals surface area contributed by atoms with Crippen molar-refractivity contribution in [2.75, 3.05) is 0 Å². The molecule has 2 aromatic rings. The van der Waals surface area contributed by atoms with Crippen molar-refractivity contribution in [2.24, 2.45) is 0 Å². The lowest BCUT2D eigenvalue weighted by Gasteiger charge is -2.10. The number of hydrogen-bond donors (Lipinski definition) is 2. The topological polar surface area (TPSA) is 70.4 Å². The number of carboxylic acids is 1. The standard InChI is InChI=1S/C13H12BrNO3/c1-7-4-11-9(3-2-8(6-16)15-11)13(14)10(7)5-12(17)18/h2-4,16H,5-6H2,1H3,(H,17,18). The van der Waals surface area contributed by atoms with E-state index >= 15 is 0 Å². The fourth-order valence-electron chi connectivity index (χ4n) is 1.90. The Morgan fingerprint density at radius 2 is 2.17 bits per heavy atom. The molecule has 0 saturated carbocycles. The van der Waals surface area contributed by atoms with Crippen LogP contribution in [0.5, 0.6) is 0 Å². The summed E-state index contributed by atoms with van der Waals surface area (Å²) in [5.74, 6) is -0.863. The first-order valence-corrected chi connectivity index (χ1v) is 6.22. The quantitative estimate of drug-likeness (QED) is 0.913. The molecular formula is C13H12BrNO3. The SMILES string of the molecule is Cc1cc2nc(CO)ccc2c(Br)c1CC(=O)O. The minimum atomic E-state index is -0.863. The van der Waals surface area contributed by atoms with Gasteiger partial charge in [-0.2, -0.15) is 0 Å². The molecule has 2 rings (SSSR count). The zero-order chi connectivity index (χ0) is 13.3. The van der Waals surface area contributed by atoms with E-state index in [0.29, 0.717) is 5.69 Å². The van der Waals surface area contributed by atoms with Gasteiger partial charge in [0, 0.05) is 9.86 Å². The number of aliphatic hydroxyl groups is 1. The van der Waals surface area contributed by atoms with Gasteiger partial charge in [-0.25, -0.2) is 0 Å². The number of nitrogens with zero attached hydrogens (tertiary/aromatic N) is 1. The van der Waals surface area contributed by atoms with Crippen molar-refractivity contribution < 1.29 is 15.0 Å². The van der Waals surface area contributed by atoms with E-state index in [4.69, 9.17) is 10.2 Å². The smallest absolute Gasteiger partial charge is 0.307 e. The number of hydrogen-bond acceptors (Lipinski definition) is 3. The number of aromatic nitrogens is 1. The van der Waals surface area contributed by atoms with E-state index in [2.05, 4.69) is 20.9 Å². The van der Waals surface area contributed by atoms with E-state index in [1.165, 1.54) is 0 Å². The fraction of sp³-hybridized carbons (Fsp3) is 0.231. The average molecular weight is 310 g/mol. The van der Waals surface area contributed by atoms with Gasteiger partial charge in [0.1, 0.15) is 0 Å². The van der Waals surface area contributed by atoms with Crippen molar-refractivity contribution in [1.29, 1.82) is 0 Å². The highest BCUT2D eigenvalue weighted by molar-refractivity contribution is 9.10. The van der Waals surface area contributed by atoms with Crippen LogP contribution in [-0.4, -0.2) is 21.2 Å². The summed E-state index contributed by atoms with van der Waals surface area (Å²) in [6, 6.07) is 5.41. The maximum absolute atomic E-state index is 10.8. The first-order chi connectivity index (χ1) is 8.52. The third kappa shape index (κ3) is 2.37. The van der Waals surface area contributed by atoms with Gasteiger partial charge in [-0.3, -0.25) is 9.78 Å². The van der Waals surface area contributed by atoms with E-state index < -0.39 is 5.97 Å². The average Bonchev–Trinajstić information content (AvgIpc) is 2.33. The van der Waals surface area contributed by atoms with Crippen molar-refractivity contribution in [3.8, 4) is 0 Å². The van der Waals surface area contributed by atoms with Crippen LogP contribution >= 0.6 is 15.9 Å². The minimum absolute atomic E-state index is 0.0237. The van der Waals surface area contributed by atoms with Crippen LogP contribution in [-0.2, 0) is 17.8 Å². The molecule has 94 valence electrons. The number of aliphatic hydroxyl groups excluding tert-OH is 1. The zero-order valence-corrected chi connectivity index (χ0v) is 11.4. The molecule has 0 unspecified atom stereocenters. The molecule has 0 radical (unpaired) electrons. The molecule has 1 aromatic heterocycles. The lowest BCUT2D eigenvalue weighted by molar-refractivity contribution is -0.136. The largest absolute Gasteiger partial charge is 0.481 e. The normalized spacial score (nSPS) is 10.8. The Morgan fingerprint density at radius 3 is 2.78 bits per heavy atom. The Balaban J connectivity index is 2.66. The molecule has 0 bridgehead atoms. The van der Waals surface area contributed by atoms with Gasteiger partial charge in [-0.15, -0.1) is 0 Å². The number of halogens is 1. The summed E-state index contributed by atoms with van der Waals surface area (Å²) < 4.78 is 0.761. The van der Waals surface area contributed by atoms with E-state index in [-0.39, 0.29) is 13.0 Å². The Labute approximate surface area is 112 Å². The predicted octanol–water partition coefficient (Wildman–Crippen LogP) is 2.43. The Kier molecular flexibility index (Phi) is 3.63. The van der Waals surface area contributed by atoms with Crippen molar-refractivity contribution >= 4 is 32.8 Å². The highest BCUT2D eigenvalue weighted by Crippen LogP contribution is 2.30. The lowest BCUT2D eigenvalue weighted by Crippen LogP contribution is -2.04. The van der Waals surface area contributed by atoms with Gasteiger partial charge in [0.15, 0.2) is 0 Å². The summed E-state index contributed by atoms with van der Waals surface area (Å²) in [5.41, 5.74) is 2.98. The van der Waals surface area contributed by atoms with Gasteiger partial charge >= 0.3 is 5.97 Å². The van der Waals surface area contributed by atoms with Crippen LogP contribution in [0.1, 0.15) is 16.8 Å². The molecule has 0 aliphatic rings. The summed E-state index contributed by atoms with van der Waals surface area (Å²) in [5, 5.41) is 18.8. The van der Waals surface area contributed by atoms with E-state index in [0.717, 1.165) is 26.5 Å². The molecule has 0 fully saturated rings. The molecule has 18 heavy (non-hydrogen) atoms. The van der Waals surface area contributed by atoms with Gasteiger partial charge in [0.2, 0.25) is 0 Å². The summed E-state index contributed by atoms with van der Waals surface area (Å²) in [4.78, 5) is 15.1. The molecule has 0 aliphatic heterocycles. The zero-order valence-electron chi connectivity index (χ0n) is 9.77. The summed E-state index contributed by atoms with van der Waals surface area (Å²) in [6.07, 6.45) is -0.0237. The summed E-state index contributed by atoms with van der Waals surface area (Å²) in [7, 11) is 0. The molecule has 0 saturated heterocycles. The van der Waals surface area contributed by atoms with Crippen molar-refractivity contribution in [3.63, 3.8) is 0 Å². The number of carboxylic acid groups (broad SMARTS) is 1. The van der Waals surface area contributed by atoms with Crippen LogP contribution in [0.15, 0.2) is 22.7 Å². The number of aliphatic carboxylic acids is 1.